The molecule has 0 aliphatic carbocycles. The molecule has 0 unspecified atom stereocenters. The quantitative estimate of drug-likeness (QED) is 0.638. The Balaban J connectivity index is 1.61. The van der Waals surface area contributed by atoms with Crippen LogP contribution in [-0.4, -0.2) is 42.9 Å². The van der Waals surface area contributed by atoms with E-state index in [-0.39, 0.29) is 10.7 Å². The fraction of sp³-hybridized carbons (Fsp3) is 0.273. The highest BCUT2D eigenvalue weighted by molar-refractivity contribution is 7.89. The number of hydrogen-bond acceptors (Lipinski definition) is 5. The second kappa shape index (κ2) is 8.12. The zero-order valence-corrected chi connectivity index (χ0v) is 17.6. The maximum Gasteiger partial charge on any atom is 0.243 e. The zero-order chi connectivity index (χ0) is 21.3. The van der Waals surface area contributed by atoms with Gasteiger partial charge < -0.3 is 4.74 Å². The van der Waals surface area contributed by atoms with Crippen LogP contribution >= 0.6 is 0 Å². The van der Waals surface area contributed by atoms with Crippen LogP contribution in [0, 0.1) is 12.7 Å². The Kier molecular flexibility index (Phi) is 5.53. The lowest BCUT2D eigenvalue weighted by Crippen LogP contribution is -2.33. The van der Waals surface area contributed by atoms with Crippen molar-refractivity contribution in [2.75, 3.05) is 20.2 Å². The minimum Gasteiger partial charge on any atom is -0.497 e. The van der Waals surface area contributed by atoms with Crippen LogP contribution in [0.4, 0.5) is 4.39 Å². The summed E-state index contributed by atoms with van der Waals surface area (Å²) in [4.78, 5) is 9.49. The summed E-state index contributed by atoms with van der Waals surface area (Å²) in [5.41, 5.74) is 3.37. The number of hydrogen-bond donors (Lipinski definition) is 0. The van der Waals surface area contributed by atoms with E-state index in [9.17, 15) is 12.8 Å². The molecule has 1 aromatic heterocycles. The first kappa shape index (κ1) is 20.4. The van der Waals surface area contributed by atoms with E-state index < -0.39 is 10.0 Å². The molecule has 1 aliphatic rings. The maximum absolute atomic E-state index is 13.2. The number of rotatable bonds is 4. The van der Waals surface area contributed by atoms with Crippen LogP contribution in [0.1, 0.15) is 17.0 Å². The molecule has 3 aromatic rings. The predicted molar refractivity (Wildman–Crippen MR) is 111 cm³/mol. The smallest absolute Gasteiger partial charge is 0.243 e. The summed E-state index contributed by atoms with van der Waals surface area (Å²) in [5, 5.41) is 0. The molecule has 0 spiro atoms. The van der Waals surface area contributed by atoms with Gasteiger partial charge in [-0.1, -0.05) is 0 Å². The SMILES string of the molecule is COc1ccc(S(=O)(=O)N2CCc3nc(-c4ccc(F)cc4)nc(C)c3CC2)cc1. The third kappa shape index (κ3) is 3.93. The summed E-state index contributed by atoms with van der Waals surface area (Å²) in [7, 11) is -2.08. The molecule has 0 fully saturated rings. The van der Waals surface area contributed by atoms with Gasteiger partial charge in [-0.3, -0.25) is 0 Å². The van der Waals surface area contributed by atoms with Gasteiger partial charge in [0.2, 0.25) is 10.0 Å². The van der Waals surface area contributed by atoms with Crippen molar-refractivity contribution in [3.8, 4) is 17.1 Å². The van der Waals surface area contributed by atoms with Gasteiger partial charge in [0, 0.05) is 36.5 Å². The van der Waals surface area contributed by atoms with Gasteiger partial charge in [-0.25, -0.2) is 22.8 Å². The summed E-state index contributed by atoms with van der Waals surface area (Å²) in [6.07, 6.45) is 1.03. The Morgan fingerprint density at radius 2 is 1.63 bits per heavy atom. The lowest BCUT2D eigenvalue weighted by Gasteiger charge is -2.20. The molecule has 0 atom stereocenters. The van der Waals surface area contributed by atoms with Crippen LogP contribution in [0.5, 0.6) is 5.75 Å². The molecular weight excluding hydrogens is 405 g/mol. The molecule has 4 rings (SSSR count). The van der Waals surface area contributed by atoms with E-state index in [4.69, 9.17) is 4.74 Å². The topological polar surface area (TPSA) is 72.4 Å². The first-order valence-electron chi connectivity index (χ1n) is 9.65. The number of sulfonamides is 1. The van der Waals surface area contributed by atoms with Gasteiger partial charge in [0.25, 0.3) is 0 Å². The van der Waals surface area contributed by atoms with Crippen molar-refractivity contribution in [3.05, 3.63) is 71.3 Å². The number of fused-ring (bicyclic) bond motifs is 1. The minimum absolute atomic E-state index is 0.240. The molecule has 2 heterocycles. The standard InChI is InChI=1S/C22H22FN3O3S/c1-15-20-11-13-26(30(27,28)19-9-7-18(29-2)8-10-19)14-12-21(20)25-22(24-15)16-3-5-17(23)6-4-16/h3-10H,11-14H2,1-2H3. The predicted octanol–water partition coefficient (Wildman–Crippen LogP) is 3.39. The van der Waals surface area contributed by atoms with E-state index >= 15 is 0 Å². The molecule has 0 amide bonds. The van der Waals surface area contributed by atoms with Crippen molar-refractivity contribution in [2.45, 2.75) is 24.7 Å². The Bertz CT molecular complexity index is 1160. The van der Waals surface area contributed by atoms with E-state index in [1.807, 2.05) is 6.92 Å². The number of benzene rings is 2. The Labute approximate surface area is 175 Å². The Hall–Kier alpha value is -2.84. The van der Waals surface area contributed by atoms with Gasteiger partial charge in [-0.05, 0) is 67.4 Å². The second-order valence-corrected chi connectivity index (χ2v) is 9.08. The fourth-order valence-corrected chi connectivity index (χ4v) is 5.07. The highest BCUT2D eigenvalue weighted by Gasteiger charge is 2.28. The van der Waals surface area contributed by atoms with Crippen LogP contribution in [-0.2, 0) is 22.9 Å². The molecule has 156 valence electrons. The van der Waals surface area contributed by atoms with Gasteiger partial charge in [-0.2, -0.15) is 4.31 Å². The van der Waals surface area contributed by atoms with Crippen molar-refractivity contribution in [1.82, 2.24) is 14.3 Å². The van der Waals surface area contributed by atoms with Crippen LogP contribution in [0.2, 0.25) is 0 Å². The van der Waals surface area contributed by atoms with Gasteiger partial charge >= 0.3 is 0 Å². The number of aromatic nitrogens is 2. The number of halogens is 1. The molecule has 6 nitrogen and oxygen atoms in total. The molecule has 0 saturated carbocycles. The lowest BCUT2D eigenvalue weighted by molar-refractivity contribution is 0.413. The van der Waals surface area contributed by atoms with Crippen LogP contribution < -0.4 is 4.74 Å². The van der Waals surface area contributed by atoms with Crippen molar-refractivity contribution in [3.63, 3.8) is 0 Å². The van der Waals surface area contributed by atoms with Crippen LogP contribution in [0.3, 0.4) is 0 Å². The van der Waals surface area contributed by atoms with E-state index in [0.717, 1.165) is 22.5 Å². The Morgan fingerprint density at radius 3 is 2.30 bits per heavy atom. The van der Waals surface area contributed by atoms with E-state index in [1.54, 1.807) is 43.5 Å². The normalized spacial score (nSPS) is 14.8. The van der Waals surface area contributed by atoms with Gasteiger partial charge in [0.1, 0.15) is 11.6 Å². The first-order chi connectivity index (χ1) is 14.4. The third-order valence-corrected chi connectivity index (χ3v) is 7.22. The summed E-state index contributed by atoms with van der Waals surface area (Å²) in [6.45, 7) is 2.60. The second-order valence-electron chi connectivity index (χ2n) is 7.14. The lowest BCUT2D eigenvalue weighted by atomic mass is 10.1. The zero-order valence-electron chi connectivity index (χ0n) is 16.8. The molecule has 0 N–H and O–H groups in total. The van der Waals surface area contributed by atoms with Gasteiger partial charge in [-0.15, -0.1) is 0 Å². The fourth-order valence-electron chi connectivity index (χ4n) is 3.63. The summed E-state index contributed by atoms with van der Waals surface area (Å²) >= 11 is 0. The monoisotopic (exact) mass is 427 g/mol. The van der Waals surface area contributed by atoms with E-state index in [1.165, 1.54) is 16.4 Å². The average molecular weight is 428 g/mol. The largest absolute Gasteiger partial charge is 0.497 e. The minimum atomic E-state index is -3.62. The average Bonchev–Trinajstić information content (AvgIpc) is 2.98. The highest BCUT2D eigenvalue weighted by Crippen LogP contribution is 2.26. The van der Waals surface area contributed by atoms with E-state index in [0.29, 0.717) is 37.5 Å². The molecule has 8 heteroatoms. The molecule has 0 saturated heterocycles. The van der Waals surface area contributed by atoms with Crippen molar-refractivity contribution in [2.24, 2.45) is 0 Å². The maximum atomic E-state index is 13.2. The molecule has 0 radical (unpaired) electrons. The van der Waals surface area contributed by atoms with Crippen LogP contribution in [0.25, 0.3) is 11.4 Å². The molecule has 0 bridgehead atoms. The van der Waals surface area contributed by atoms with Crippen LogP contribution in [0.15, 0.2) is 53.4 Å². The Morgan fingerprint density at radius 1 is 0.967 bits per heavy atom. The summed E-state index contributed by atoms with van der Waals surface area (Å²) in [6, 6.07) is 12.5. The number of ether oxygens (including phenoxy) is 1. The molecule has 30 heavy (non-hydrogen) atoms. The molecular formula is C22H22FN3O3S. The number of methoxy groups -OCH3 is 1. The first-order valence-corrected chi connectivity index (χ1v) is 11.1. The molecule has 2 aromatic carbocycles. The van der Waals surface area contributed by atoms with Crippen molar-refractivity contribution >= 4 is 10.0 Å². The summed E-state index contributed by atoms with van der Waals surface area (Å²) in [5.74, 6) is 0.818. The van der Waals surface area contributed by atoms with Crippen molar-refractivity contribution < 1.29 is 17.5 Å². The van der Waals surface area contributed by atoms with E-state index in [2.05, 4.69) is 9.97 Å². The number of nitrogens with zero attached hydrogens (tertiary/aromatic N) is 3. The van der Waals surface area contributed by atoms with Gasteiger partial charge in [0.15, 0.2) is 5.82 Å². The summed E-state index contributed by atoms with van der Waals surface area (Å²) < 4.78 is 46.1. The van der Waals surface area contributed by atoms with Gasteiger partial charge in [0.05, 0.1) is 12.0 Å². The number of aryl methyl sites for hydroxylation is 1. The molecule has 1 aliphatic heterocycles. The highest BCUT2D eigenvalue weighted by atomic mass is 32.2. The third-order valence-electron chi connectivity index (χ3n) is 5.31. The van der Waals surface area contributed by atoms with Crippen molar-refractivity contribution in [1.29, 1.82) is 0 Å².